The molecule has 3 heteroatoms. The predicted octanol–water partition coefficient (Wildman–Crippen LogP) is 13.9. The number of hydrogen-bond donors (Lipinski definition) is 0. The van der Waals surface area contributed by atoms with Crippen molar-refractivity contribution in [2.45, 2.75) is 19.8 Å². The summed E-state index contributed by atoms with van der Waals surface area (Å²) in [5.41, 5.74) is 16.9. The van der Waals surface area contributed by atoms with Gasteiger partial charge in [-0.2, -0.15) is 0 Å². The number of allylic oxidation sites excluding steroid dienone is 3. The highest BCUT2D eigenvalue weighted by atomic mass is 15.0. The largest absolute Gasteiger partial charge is 0.309 e. The first-order valence-electron chi connectivity index (χ1n) is 19.7. The molecule has 0 unspecified atom stereocenters. The van der Waals surface area contributed by atoms with E-state index in [9.17, 15) is 0 Å². The van der Waals surface area contributed by atoms with E-state index in [1.165, 1.54) is 44.0 Å². The van der Waals surface area contributed by atoms with E-state index in [4.69, 9.17) is 4.99 Å². The Hall–Kier alpha value is -7.23. The average molecular weight is 732 g/mol. The number of hydrogen-bond acceptors (Lipinski definition) is 1. The Labute approximate surface area is 333 Å². The van der Waals surface area contributed by atoms with Crippen molar-refractivity contribution in [2.75, 3.05) is 0 Å². The van der Waals surface area contributed by atoms with Gasteiger partial charge in [-0.25, -0.2) is 4.99 Å². The topological polar surface area (TPSA) is 22.2 Å². The van der Waals surface area contributed by atoms with Gasteiger partial charge in [0.1, 0.15) is 0 Å². The van der Waals surface area contributed by atoms with Gasteiger partial charge in [-0.15, -0.1) is 0 Å². The third-order valence-corrected chi connectivity index (χ3v) is 11.3. The van der Waals surface area contributed by atoms with Crippen LogP contribution in [0.3, 0.4) is 0 Å². The average Bonchev–Trinajstić information content (AvgIpc) is 3.80. The smallest absolute Gasteiger partial charge is 0.0712 e. The molecule has 0 radical (unpaired) electrons. The summed E-state index contributed by atoms with van der Waals surface area (Å²) in [7, 11) is 0. The number of fused-ring (bicyclic) bond motifs is 6. The van der Waals surface area contributed by atoms with Gasteiger partial charge in [-0.3, -0.25) is 0 Å². The molecule has 0 fully saturated rings. The van der Waals surface area contributed by atoms with Crippen molar-refractivity contribution in [3.8, 4) is 22.5 Å². The summed E-state index contributed by atoms with van der Waals surface area (Å²) < 4.78 is 4.90. The molecule has 2 heterocycles. The molecule has 0 spiro atoms. The number of aromatic nitrogens is 2. The summed E-state index contributed by atoms with van der Waals surface area (Å²) in [6.45, 7) is 6.48. The molecule has 9 aromatic rings. The maximum Gasteiger partial charge on any atom is 0.0712 e. The minimum atomic E-state index is 0.736. The van der Waals surface area contributed by atoms with E-state index in [2.05, 4.69) is 193 Å². The van der Waals surface area contributed by atoms with E-state index < -0.39 is 0 Å². The lowest BCUT2D eigenvalue weighted by Gasteiger charge is -2.17. The minimum Gasteiger partial charge on any atom is -0.309 e. The van der Waals surface area contributed by atoms with Gasteiger partial charge in [0.2, 0.25) is 0 Å². The van der Waals surface area contributed by atoms with Gasteiger partial charge in [0.15, 0.2) is 0 Å². The van der Waals surface area contributed by atoms with Gasteiger partial charge in [0.05, 0.1) is 28.0 Å². The summed E-state index contributed by atoms with van der Waals surface area (Å²) >= 11 is 0. The predicted molar refractivity (Wildman–Crippen MR) is 243 cm³/mol. The first-order valence-corrected chi connectivity index (χ1v) is 19.7. The zero-order valence-corrected chi connectivity index (χ0v) is 31.9. The fourth-order valence-corrected chi connectivity index (χ4v) is 8.53. The molecule has 57 heavy (non-hydrogen) atoms. The molecule has 10 rings (SSSR count). The monoisotopic (exact) mass is 731 g/mol. The maximum atomic E-state index is 5.05. The van der Waals surface area contributed by atoms with Gasteiger partial charge in [0.25, 0.3) is 0 Å². The van der Waals surface area contributed by atoms with Crippen LogP contribution in [0.4, 0.5) is 0 Å². The van der Waals surface area contributed by atoms with Crippen molar-refractivity contribution in [3.05, 3.63) is 223 Å². The van der Waals surface area contributed by atoms with Crippen molar-refractivity contribution in [1.82, 2.24) is 9.13 Å². The molecule has 1 aliphatic carbocycles. The molecule has 0 saturated heterocycles. The van der Waals surface area contributed by atoms with E-state index in [1.807, 2.05) is 24.3 Å². The first-order chi connectivity index (χ1) is 28.1. The molecule has 272 valence electrons. The Kier molecular flexibility index (Phi) is 8.69. The van der Waals surface area contributed by atoms with Crippen LogP contribution in [-0.2, 0) is 6.42 Å². The van der Waals surface area contributed by atoms with Crippen LogP contribution in [0.25, 0.3) is 72.6 Å². The molecule has 0 saturated carbocycles. The van der Waals surface area contributed by atoms with Gasteiger partial charge >= 0.3 is 0 Å². The second-order valence-electron chi connectivity index (χ2n) is 14.8. The molecular formula is C54H41N3. The van der Waals surface area contributed by atoms with E-state index >= 15 is 0 Å². The highest BCUT2D eigenvalue weighted by Gasteiger charge is 2.20. The van der Waals surface area contributed by atoms with Gasteiger partial charge in [-0.1, -0.05) is 152 Å². The lowest BCUT2D eigenvalue weighted by molar-refractivity contribution is 0.967. The molecule has 2 aromatic heterocycles. The number of nitrogens with zero attached hydrogens (tertiary/aromatic N) is 3. The quantitative estimate of drug-likeness (QED) is 0.139. The normalized spacial score (nSPS) is 13.1. The van der Waals surface area contributed by atoms with Crippen LogP contribution >= 0.6 is 0 Å². The molecule has 0 atom stereocenters. The zero-order valence-electron chi connectivity index (χ0n) is 31.9. The van der Waals surface area contributed by atoms with E-state index in [0.717, 1.165) is 69.0 Å². The number of rotatable bonds is 8. The fraction of sp³-hybridized carbons (Fsp3) is 0.0556. The summed E-state index contributed by atoms with van der Waals surface area (Å²) in [4.78, 5) is 5.05. The minimum absolute atomic E-state index is 0.736. The Bertz CT molecular complexity index is 3010. The summed E-state index contributed by atoms with van der Waals surface area (Å²) in [6.07, 6.45) is 8.92. The van der Waals surface area contributed by atoms with E-state index in [-0.39, 0.29) is 0 Å². The van der Waals surface area contributed by atoms with Crippen molar-refractivity contribution < 1.29 is 0 Å². The maximum absolute atomic E-state index is 5.05. The van der Waals surface area contributed by atoms with Crippen molar-refractivity contribution in [1.29, 1.82) is 0 Å². The molecule has 0 N–H and O–H groups in total. The zero-order chi connectivity index (χ0) is 38.3. The molecule has 7 aromatic carbocycles. The van der Waals surface area contributed by atoms with Crippen molar-refractivity contribution in [3.63, 3.8) is 0 Å². The summed E-state index contributed by atoms with van der Waals surface area (Å²) in [5, 5.41) is 3.84. The van der Waals surface area contributed by atoms with Crippen LogP contribution in [0.2, 0.25) is 0 Å². The number of benzene rings is 7. The van der Waals surface area contributed by atoms with Gasteiger partial charge in [-0.05, 0) is 102 Å². The van der Waals surface area contributed by atoms with Crippen LogP contribution in [0.5, 0.6) is 0 Å². The highest BCUT2D eigenvalue weighted by molar-refractivity contribution is 6.14. The highest BCUT2D eigenvalue weighted by Crippen LogP contribution is 2.38. The Morgan fingerprint density at radius 1 is 0.544 bits per heavy atom. The summed E-state index contributed by atoms with van der Waals surface area (Å²) in [5.74, 6) is 0. The number of aryl methyl sites for hydroxylation is 1. The SMILES string of the molecule is C=C(N=C(/C=C(\C)c1ccc(-c2cc(-n3c4c(c5ccccc53)CCC=C4)cc(-n3c4ccccc4c4ccccc43)c2)cc1)c1ccccc1)c1ccccc1. The molecular weight excluding hydrogens is 691 g/mol. The van der Waals surface area contributed by atoms with E-state index in [1.54, 1.807) is 0 Å². The van der Waals surface area contributed by atoms with Gasteiger partial charge in [0, 0.05) is 38.8 Å². The van der Waals surface area contributed by atoms with Crippen molar-refractivity contribution >= 4 is 55.8 Å². The third kappa shape index (κ3) is 6.24. The molecule has 0 amide bonds. The van der Waals surface area contributed by atoms with E-state index in [0.29, 0.717) is 0 Å². The number of aliphatic imine (C=N–C) groups is 1. The Balaban J connectivity index is 1.12. The van der Waals surface area contributed by atoms with Crippen LogP contribution in [0, 0.1) is 0 Å². The lowest BCUT2D eigenvalue weighted by Crippen LogP contribution is -2.03. The lowest BCUT2D eigenvalue weighted by atomic mass is 9.98. The number of para-hydroxylation sites is 3. The third-order valence-electron chi connectivity index (χ3n) is 11.3. The van der Waals surface area contributed by atoms with Crippen LogP contribution in [0.15, 0.2) is 200 Å². The van der Waals surface area contributed by atoms with Crippen molar-refractivity contribution in [2.24, 2.45) is 4.99 Å². The molecule has 0 aliphatic heterocycles. The Morgan fingerprint density at radius 2 is 1.09 bits per heavy atom. The second kappa shape index (κ2) is 14.4. The molecule has 1 aliphatic rings. The Morgan fingerprint density at radius 3 is 1.74 bits per heavy atom. The molecule has 3 nitrogen and oxygen atoms in total. The standard InChI is InChI=1S/C54H41N3/c1-37(33-50(42-19-7-4-8-20-42)55-38(2)40-17-5-3-6-18-40)39-29-31-41(32-30-39)43-34-44(56-51-25-13-9-21-46(51)47-22-10-14-26-52(47)56)36-45(35-43)57-53-27-15-11-23-48(53)49-24-12-16-28-54(49)57/h3-11,13-23,25-36H,2,12,24H2,1H3/b37-33+,55-50?. The van der Waals surface area contributed by atoms with Crippen LogP contribution in [-0.4, -0.2) is 14.8 Å². The van der Waals surface area contributed by atoms with Crippen LogP contribution in [0.1, 0.15) is 41.3 Å². The second-order valence-corrected chi connectivity index (χ2v) is 14.8. The first kappa shape index (κ1) is 34.3. The summed E-state index contributed by atoms with van der Waals surface area (Å²) in [6, 6.07) is 62.9. The fourth-order valence-electron chi connectivity index (χ4n) is 8.53. The van der Waals surface area contributed by atoms with Gasteiger partial charge < -0.3 is 9.13 Å². The molecule has 0 bridgehead atoms. The van der Waals surface area contributed by atoms with Crippen LogP contribution < -0.4 is 0 Å².